The zero-order valence-corrected chi connectivity index (χ0v) is 9.18. The summed E-state index contributed by atoms with van der Waals surface area (Å²) in [6.45, 7) is 10.6. The highest BCUT2D eigenvalue weighted by Gasteiger charge is 2.31. The maximum atomic E-state index is 5.61. The Bertz CT molecular complexity index is 186. The molecule has 0 amide bonds. The molecule has 1 fully saturated rings. The zero-order chi connectivity index (χ0) is 9.90. The predicted molar refractivity (Wildman–Crippen MR) is 55.6 cm³/mol. The molecule has 0 bridgehead atoms. The number of allylic oxidation sites excluding steroid dienone is 2. The summed E-state index contributed by atoms with van der Waals surface area (Å²) in [5.74, 6) is 0. The Labute approximate surface area is 81.4 Å². The van der Waals surface area contributed by atoms with E-state index in [9.17, 15) is 0 Å². The first-order valence-corrected chi connectivity index (χ1v) is 5.01. The van der Waals surface area contributed by atoms with Crippen LogP contribution in [-0.2, 0) is 4.74 Å². The maximum Gasteiger partial charge on any atom is 0.113 e. The minimum Gasteiger partial charge on any atom is -0.361 e. The maximum absolute atomic E-state index is 5.61. The number of nitrogens with one attached hydrogen (secondary N) is 1. The summed E-state index contributed by atoms with van der Waals surface area (Å²) < 4.78 is 5.61. The molecule has 0 radical (unpaired) electrons. The van der Waals surface area contributed by atoms with Crippen LogP contribution in [0.1, 0.15) is 34.1 Å². The van der Waals surface area contributed by atoms with E-state index in [4.69, 9.17) is 4.74 Å². The van der Waals surface area contributed by atoms with Crippen molar-refractivity contribution in [2.45, 2.75) is 40.3 Å². The van der Waals surface area contributed by atoms with E-state index in [1.54, 1.807) is 0 Å². The third-order valence-electron chi connectivity index (χ3n) is 2.46. The number of rotatable bonds is 3. The molecule has 76 valence electrons. The van der Waals surface area contributed by atoms with Crippen LogP contribution in [-0.4, -0.2) is 19.4 Å². The molecular weight excluding hydrogens is 162 g/mol. The minimum absolute atomic E-state index is 0.202. The molecule has 13 heavy (non-hydrogen) atoms. The van der Waals surface area contributed by atoms with Crippen molar-refractivity contribution in [1.82, 2.24) is 5.32 Å². The van der Waals surface area contributed by atoms with Crippen molar-refractivity contribution in [3.05, 3.63) is 11.6 Å². The lowest BCUT2D eigenvalue weighted by Gasteiger charge is -2.29. The van der Waals surface area contributed by atoms with Gasteiger partial charge in [-0.15, -0.1) is 0 Å². The fourth-order valence-corrected chi connectivity index (χ4v) is 1.50. The largest absolute Gasteiger partial charge is 0.361 e. The van der Waals surface area contributed by atoms with Gasteiger partial charge in [0.15, 0.2) is 0 Å². The first-order chi connectivity index (χ1) is 6.02. The van der Waals surface area contributed by atoms with Crippen molar-refractivity contribution in [3.63, 3.8) is 0 Å². The number of hydrogen-bond donors (Lipinski definition) is 1. The van der Waals surface area contributed by atoms with Crippen molar-refractivity contribution in [2.75, 3.05) is 13.2 Å². The third kappa shape index (κ3) is 3.12. The Morgan fingerprint density at radius 2 is 2.23 bits per heavy atom. The Balaban J connectivity index is 2.48. The molecule has 1 aliphatic heterocycles. The van der Waals surface area contributed by atoms with Gasteiger partial charge in [-0.05, 0) is 20.3 Å². The van der Waals surface area contributed by atoms with Crippen LogP contribution >= 0.6 is 0 Å². The van der Waals surface area contributed by atoms with Gasteiger partial charge in [0.05, 0.1) is 6.61 Å². The van der Waals surface area contributed by atoms with Gasteiger partial charge >= 0.3 is 0 Å². The van der Waals surface area contributed by atoms with Gasteiger partial charge in [0.1, 0.15) is 6.23 Å². The van der Waals surface area contributed by atoms with E-state index in [0.717, 1.165) is 19.6 Å². The Kier molecular flexibility index (Phi) is 3.51. The second kappa shape index (κ2) is 4.25. The van der Waals surface area contributed by atoms with Gasteiger partial charge in [-0.1, -0.05) is 25.5 Å². The van der Waals surface area contributed by atoms with Crippen LogP contribution in [0.2, 0.25) is 0 Å². The Hall–Kier alpha value is -0.340. The number of hydrogen-bond acceptors (Lipinski definition) is 2. The van der Waals surface area contributed by atoms with Crippen LogP contribution in [0.5, 0.6) is 0 Å². The molecule has 0 saturated carbocycles. The Morgan fingerprint density at radius 3 is 2.69 bits per heavy atom. The van der Waals surface area contributed by atoms with Gasteiger partial charge in [0, 0.05) is 12.0 Å². The van der Waals surface area contributed by atoms with E-state index in [0.29, 0.717) is 0 Å². The zero-order valence-electron chi connectivity index (χ0n) is 9.18. The van der Waals surface area contributed by atoms with Crippen LogP contribution in [0.3, 0.4) is 0 Å². The van der Waals surface area contributed by atoms with Crippen molar-refractivity contribution >= 4 is 0 Å². The highest BCUT2D eigenvalue weighted by molar-refractivity contribution is 4.97. The standard InChI is InChI=1S/C11H21NO/c1-9(2)5-6-11(3,4)10-12-7-8-13-10/h5,10,12H,6-8H2,1-4H3/t10-/m0/s1. The van der Waals surface area contributed by atoms with Crippen molar-refractivity contribution in [1.29, 1.82) is 0 Å². The SMILES string of the molecule is CC(C)=CCC(C)(C)[C@H]1NCCO1. The molecule has 1 rings (SSSR count). The van der Waals surface area contributed by atoms with E-state index in [1.807, 2.05) is 0 Å². The van der Waals surface area contributed by atoms with Crippen molar-refractivity contribution in [2.24, 2.45) is 5.41 Å². The third-order valence-corrected chi connectivity index (χ3v) is 2.46. The first kappa shape index (κ1) is 10.7. The summed E-state index contributed by atoms with van der Waals surface area (Å²) in [6.07, 6.45) is 3.58. The molecule has 0 aromatic carbocycles. The van der Waals surface area contributed by atoms with Gasteiger partial charge < -0.3 is 4.74 Å². The lowest BCUT2D eigenvalue weighted by Crippen LogP contribution is -2.38. The van der Waals surface area contributed by atoms with E-state index >= 15 is 0 Å². The van der Waals surface area contributed by atoms with E-state index in [2.05, 4.69) is 39.1 Å². The average molecular weight is 183 g/mol. The highest BCUT2D eigenvalue weighted by atomic mass is 16.5. The molecule has 2 heteroatoms. The van der Waals surface area contributed by atoms with Gasteiger partial charge in [0.25, 0.3) is 0 Å². The monoisotopic (exact) mass is 183 g/mol. The second-order valence-corrected chi connectivity index (χ2v) is 4.68. The van der Waals surface area contributed by atoms with Crippen LogP contribution in [0.4, 0.5) is 0 Å². The lowest BCUT2D eigenvalue weighted by molar-refractivity contribution is 0.00896. The van der Waals surface area contributed by atoms with Crippen LogP contribution in [0, 0.1) is 5.41 Å². The van der Waals surface area contributed by atoms with Crippen LogP contribution < -0.4 is 5.32 Å². The van der Waals surface area contributed by atoms with Crippen LogP contribution in [0.15, 0.2) is 11.6 Å². The summed E-state index contributed by atoms with van der Waals surface area (Å²) >= 11 is 0. The van der Waals surface area contributed by atoms with E-state index in [-0.39, 0.29) is 11.6 Å². The van der Waals surface area contributed by atoms with Crippen molar-refractivity contribution in [3.8, 4) is 0 Å². The van der Waals surface area contributed by atoms with Crippen LogP contribution in [0.25, 0.3) is 0 Å². The smallest absolute Gasteiger partial charge is 0.113 e. The number of ether oxygens (including phenoxy) is 1. The molecule has 1 heterocycles. The van der Waals surface area contributed by atoms with Crippen molar-refractivity contribution < 1.29 is 4.74 Å². The fourth-order valence-electron chi connectivity index (χ4n) is 1.50. The molecule has 0 aromatic rings. The Morgan fingerprint density at radius 1 is 1.54 bits per heavy atom. The molecule has 1 aliphatic rings. The van der Waals surface area contributed by atoms with Gasteiger partial charge in [0.2, 0.25) is 0 Å². The molecule has 0 aromatic heterocycles. The predicted octanol–water partition coefficient (Wildman–Crippen LogP) is 2.31. The molecular formula is C11H21NO. The summed E-state index contributed by atoms with van der Waals surface area (Å²) in [4.78, 5) is 0. The summed E-state index contributed by atoms with van der Waals surface area (Å²) in [5, 5.41) is 3.37. The summed E-state index contributed by atoms with van der Waals surface area (Å²) in [7, 11) is 0. The molecule has 1 atom stereocenters. The fraction of sp³-hybridized carbons (Fsp3) is 0.818. The van der Waals surface area contributed by atoms with E-state index < -0.39 is 0 Å². The second-order valence-electron chi connectivity index (χ2n) is 4.68. The quantitative estimate of drug-likeness (QED) is 0.678. The first-order valence-electron chi connectivity index (χ1n) is 5.01. The topological polar surface area (TPSA) is 21.3 Å². The lowest BCUT2D eigenvalue weighted by atomic mass is 9.86. The molecule has 0 spiro atoms. The molecule has 2 nitrogen and oxygen atoms in total. The average Bonchev–Trinajstić information content (AvgIpc) is 2.53. The summed E-state index contributed by atoms with van der Waals surface area (Å²) in [6, 6.07) is 0. The molecule has 0 aliphatic carbocycles. The normalized spacial score (nSPS) is 23.2. The molecule has 1 N–H and O–H groups in total. The summed E-state index contributed by atoms with van der Waals surface area (Å²) in [5.41, 5.74) is 1.58. The highest BCUT2D eigenvalue weighted by Crippen LogP contribution is 2.28. The molecule has 1 saturated heterocycles. The van der Waals surface area contributed by atoms with Gasteiger partial charge in [-0.2, -0.15) is 0 Å². The van der Waals surface area contributed by atoms with E-state index in [1.165, 1.54) is 5.57 Å². The minimum atomic E-state index is 0.202. The van der Waals surface area contributed by atoms with Gasteiger partial charge in [-0.3, -0.25) is 5.32 Å². The van der Waals surface area contributed by atoms with Gasteiger partial charge in [-0.25, -0.2) is 0 Å². The molecule has 0 unspecified atom stereocenters.